The van der Waals surface area contributed by atoms with Crippen molar-refractivity contribution >= 4 is 23.4 Å². The van der Waals surface area contributed by atoms with Crippen LogP contribution in [-0.2, 0) is 4.79 Å². The molecule has 1 amide bonds. The SMILES string of the molecule is NC(=O)C1(Nc2ccc(F)cc2)CCCSC1. The predicted molar refractivity (Wildman–Crippen MR) is 68.5 cm³/mol. The van der Waals surface area contributed by atoms with Gasteiger partial charge in [0.15, 0.2) is 0 Å². The summed E-state index contributed by atoms with van der Waals surface area (Å²) in [4.78, 5) is 11.6. The third-order valence-corrected chi connectivity index (χ3v) is 4.21. The summed E-state index contributed by atoms with van der Waals surface area (Å²) >= 11 is 1.72. The van der Waals surface area contributed by atoms with Crippen LogP contribution in [0.15, 0.2) is 24.3 Å². The molecule has 1 saturated heterocycles. The van der Waals surface area contributed by atoms with Gasteiger partial charge in [0.05, 0.1) is 0 Å². The van der Waals surface area contributed by atoms with Gasteiger partial charge in [-0.05, 0) is 42.9 Å². The monoisotopic (exact) mass is 254 g/mol. The van der Waals surface area contributed by atoms with E-state index in [-0.39, 0.29) is 11.7 Å². The van der Waals surface area contributed by atoms with Crippen molar-refractivity contribution in [3.05, 3.63) is 30.1 Å². The number of halogens is 1. The molecule has 1 atom stereocenters. The molecule has 1 heterocycles. The van der Waals surface area contributed by atoms with E-state index in [1.807, 2.05) is 0 Å². The van der Waals surface area contributed by atoms with Crippen LogP contribution >= 0.6 is 11.8 Å². The van der Waals surface area contributed by atoms with Crippen LogP contribution in [0.1, 0.15) is 12.8 Å². The van der Waals surface area contributed by atoms with E-state index in [2.05, 4.69) is 5.32 Å². The average Bonchev–Trinajstić information content (AvgIpc) is 2.33. The predicted octanol–water partition coefficient (Wildman–Crippen LogP) is 1.99. The molecule has 1 unspecified atom stereocenters. The first-order chi connectivity index (χ1) is 8.12. The van der Waals surface area contributed by atoms with E-state index in [4.69, 9.17) is 5.73 Å². The maximum absolute atomic E-state index is 12.8. The molecule has 0 bridgehead atoms. The minimum Gasteiger partial charge on any atom is -0.371 e. The number of carbonyl (C=O) groups is 1. The van der Waals surface area contributed by atoms with Crippen molar-refractivity contribution in [1.82, 2.24) is 0 Å². The zero-order chi connectivity index (χ0) is 12.3. The van der Waals surface area contributed by atoms with E-state index in [9.17, 15) is 9.18 Å². The van der Waals surface area contributed by atoms with E-state index in [1.165, 1.54) is 12.1 Å². The van der Waals surface area contributed by atoms with Crippen LogP contribution in [0, 0.1) is 5.82 Å². The van der Waals surface area contributed by atoms with Crippen LogP contribution in [0.2, 0.25) is 0 Å². The Kier molecular flexibility index (Phi) is 3.57. The van der Waals surface area contributed by atoms with Crippen molar-refractivity contribution in [2.45, 2.75) is 18.4 Å². The van der Waals surface area contributed by atoms with E-state index in [0.717, 1.165) is 24.3 Å². The van der Waals surface area contributed by atoms with Crippen molar-refractivity contribution in [2.24, 2.45) is 5.73 Å². The van der Waals surface area contributed by atoms with Gasteiger partial charge in [-0.1, -0.05) is 0 Å². The summed E-state index contributed by atoms with van der Waals surface area (Å²) in [5, 5.41) is 3.16. The number of thioether (sulfide) groups is 1. The molecule has 0 spiro atoms. The quantitative estimate of drug-likeness (QED) is 0.867. The standard InChI is InChI=1S/C12H15FN2OS/c13-9-2-4-10(5-3-9)15-12(11(14)16)6-1-7-17-8-12/h2-5,15H,1,6-8H2,(H2,14,16). The minimum atomic E-state index is -0.694. The molecule has 1 fully saturated rings. The molecule has 1 aromatic rings. The topological polar surface area (TPSA) is 55.1 Å². The zero-order valence-electron chi connectivity index (χ0n) is 9.41. The van der Waals surface area contributed by atoms with Gasteiger partial charge in [0, 0.05) is 11.4 Å². The fraction of sp³-hybridized carbons (Fsp3) is 0.417. The highest BCUT2D eigenvalue weighted by atomic mass is 32.2. The highest BCUT2D eigenvalue weighted by Crippen LogP contribution is 2.30. The van der Waals surface area contributed by atoms with Crippen molar-refractivity contribution in [3.63, 3.8) is 0 Å². The number of primary amides is 1. The average molecular weight is 254 g/mol. The normalized spacial score (nSPS) is 24.3. The molecule has 3 N–H and O–H groups in total. The first kappa shape index (κ1) is 12.2. The maximum Gasteiger partial charge on any atom is 0.243 e. The molecule has 0 aliphatic carbocycles. The van der Waals surface area contributed by atoms with Crippen LogP contribution < -0.4 is 11.1 Å². The van der Waals surface area contributed by atoms with E-state index >= 15 is 0 Å². The number of carbonyl (C=O) groups excluding carboxylic acids is 1. The molecule has 1 aliphatic heterocycles. The Labute approximate surface area is 104 Å². The van der Waals surface area contributed by atoms with Gasteiger partial charge in [0.2, 0.25) is 5.91 Å². The smallest absolute Gasteiger partial charge is 0.243 e. The number of anilines is 1. The number of nitrogens with two attached hydrogens (primary N) is 1. The third kappa shape index (κ3) is 2.72. The van der Waals surface area contributed by atoms with Crippen molar-refractivity contribution in [3.8, 4) is 0 Å². The lowest BCUT2D eigenvalue weighted by Gasteiger charge is -2.35. The van der Waals surface area contributed by atoms with Gasteiger partial charge < -0.3 is 11.1 Å². The summed E-state index contributed by atoms with van der Waals surface area (Å²) in [5.41, 5.74) is 5.53. The summed E-state index contributed by atoms with van der Waals surface area (Å²) in [6, 6.07) is 5.98. The van der Waals surface area contributed by atoms with Crippen LogP contribution in [0.3, 0.4) is 0 Å². The lowest BCUT2D eigenvalue weighted by Crippen LogP contribution is -2.54. The number of rotatable bonds is 3. The number of benzene rings is 1. The fourth-order valence-corrected chi connectivity index (χ4v) is 3.16. The number of amides is 1. The summed E-state index contributed by atoms with van der Waals surface area (Å²) in [6.45, 7) is 0. The van der Waals surface area contributed by atoms with Gasteiger partial charge in [-0.2, -0.15) is 11.8 Å². The Morgan fingerprint density at radius 1 is 1.41 bits per heavy atom. The summed E-state index contributed by atoms with van der Waals surface area (Å²) < 4.78 is 12.8. The summed E-state index contributed by atoms with van der Waals surface area (Å²) in [6.07, 6.45) is 1.69. The molecule has 17 heavy (non-hydrogen) atoms. The number of nitrogens with one attached hydrogen (secondary N) is 1. The van der Waals surface area contributed by atoms with Gasteiger partial charge in [0.25, 0.3) is 0 Å². The van der Waals surface area contributed by atoms with Crippen LogP contribution in [0.5, 0.6) is 0 Å². The lowest BCUT2D eigenvalue weighted by molar-refractivity contribution is -0.121. The molecule has 1 aromatic carbocycles. The van der Waals surface area contributed by atoms with E-state index in [1.54, 1.807) is 23.9 Å². The molecule has 2 rings (SSSR count). The van der Waals surface area contributed by atoms with Gasteiger partial charge in [-0.15, -0.1) is 0 Å². The second-order valence-corrected chi connectivity index (χ2v) is 5.34. The molecular weight excluding hydrogens is 239 g/mol. The molecular formula is C12H15FN2OS. The van der Waals surface area contributed by atoms with Crippen molar-refractivity contribution in [1.29, 1.82) is 0 Å². The first-order valence-electron chi connectivity index (χ1n) is 5.54. The van der Waals surface area contributed by atoms with Gasteiger partial charge in [0.1, 0.15) is 11.4 Å². The summed E-state index contributed by atoms with van der Waals surface area (Å²) in [5.74, 6) is 1.09. The highest BCUT2D eigenvalue weighted by Gasteiger charge is 2.38. The van der Waals surface area contributed by atoms with Crippen molar-refractivity contribution in [2.75, 3.05) is 16.8 Å². The molecule has 0 saturated carbocycles. The second-order valence-electron chi connectivity index (χ2n) is 4.23. The number of hydrogen-bond acceptors (Lipinski definition) is 3. The number of hydrogen-bond donors (Lipinski definition) is 2. The van der Waals surface area contributed by atoms with Crippen LogP contribution in [0.4, 0.5) is 10.1 Å². The maximum atomic E-state index is 12.8. The van der Waals surface area contributed by atoms with Gasteiger partial charge in [-0.25, -0.2) is 4.39 Å². The third-order valence-electron chi connectivity index (χ3n) is 2.94. The Morgan fingerprint density at radius 2 is 2.12 bits per heavy atom. The van der Waals surface area contributed by atoms with Gasteiger partial charge in [-0.3, -0.25) is 4.79 Å². The van der Waals surface area contributed by atoms with Gasteiger partial charge >= 0.3 is 0 Å². The molecule has 5 heteroatoms. The summed E-state index contributed by atoms with van der Waals surface area (Å²) in [7, 11) is 0. The Balaban J connectivity index is 2.17. The first-order valence-corrected chi connectivity index (χ1v) is 6.69. The molecule has 0 aromatic heterocycles. The second kappa shape index (κ2) is 4.96. The van der Waals surface area contributed by atoms with E-state index < -0.39 is 5.54 Å². The Morgan fingerprint density at radius 3 is 2.65 bits per heavy atom. The van der Waals surface area contributed by atoms with Crippen LogP contribution in [0.25, 0.3) is 0 Å². The van der Waals surface area contributed by atoms with Crippen molar-refractivity contribution < 1.29 is 9.18 Å². The zero-order valence-corrected chi connectivity index (χ0v) is 10.2. The van der Waals surface area contributed by atoms with Crippen LogP contribution in [-0.4, -0.2) is 23.0 Å². The minimum absolute atomic E-state index is 0.290. The highest BCUT2D eigenvalue weighted by molar-refractivity contribution is 7.99. The Hall–Kier alpha value is -1.23. The molecule has 92 valence electrons. The molecule has 3 nitrogen and oxygen atoms in total. The molecule has 0 radical (unpaired) electrons. The molecule has 1 aliphatic rings. The van der Waals surface area contributed by atoms with E-state index in [0.29, 0.717) is 5.75 Å². The fourth-order valence-electron chi connectivity index (χ4n) is 1.96. The largest absolute Gasteiger partial charge is 0.371 e. The lowest BCUT2D eigenvalue weighted by atomic mass is 9.94. The Bertz CT molecular complexity index is 401.